The predicted octanol–water partition coefficient (Wildman–Crippen LogP) is 5.02. The van der Waals surface area contributed by atoms with E-state index >= 15 is 0 Å². The van der Waals surface area contributed by atoms with E-state index < -0.39 is 0 Å². The Bertz CT molecular complexity index is 1190. The molecule has 2 aromatic heterocycles. The lowest BCUT2D eigenvalue weighted by molar-refractivity contribution is 0.102. The van der Waals surface area contributed by atoms with E-state index in [1.54, 1.807) is 5.38 Å². The molecular weight excluding hydrogens is 421 g/mol. The molecule has 2 heterocycles. The molecule has 1 amide bonds. The second kappa shape index (κ2) is 8.76. The zero-order valence-corrected chi connectivity index (χ0v) is 17.9. The maximum Gasteiger partial charge on any atom is 0.275 e. The molecule has 152 valence electrons. The van der Waals surface area contributed by atoms with E-state index in [1.807, 2.05) is 29.7 Å². The van der Waals surface area contributed by atoms with Gasteiger partial charge in [-0.25, -0.2) is 9.37 Å². The normalized spacial score (nSPS) is 10.9. The number of aryl methyl sites for hydroxylation is 2. The molecule has 0 aliphatic rings. The summed E-state index contributed by atoms with van der Waals surface area (Å²) in [5.74, 6) is 0.700. The maximum absolute atomic E-state index is 13.0. The number of aromatic nitrogens is 4. The van der Waals surface area contributed by atoms with Crippen molar-refractivity contribution in [2.45, 2.75) is 24.8 Å². The summed E-state index contributed by atoms with van der Waals surface area (Å²) in [6.45, 7) is 3.97. The number of hydrogen-bond acceptors (Lipinski definition) is 6. The van der Waals surface area contributed by atoms with Crippen LogP contribution in [0.5, 0.6) is 0 Å². The number of para-hydroxylation sites is 1. The minimum atomic E-state index is -0.352. The van der Waals surface area contributed by atoms with Crippen LogP contribution >= 0.6 is 23.1 Å². The van der Waals surface area contributed by atoms with Crippen molar-refractivity contribution in [1.29, 1.82) is 0 Å². The minimum Gasteiger partial charge on any atom is -0.321 e. The molecule has 0 spiro atoms. The zero-order valence-electron chi connectivity index (χ0n) is 16.3. The van der Waals surface area contributed by atoms with Gasteiger partial charge in [0, 0.05) is 11.1 Å². The van der Waals surface area contributed by atoms with Crippen LogP contribution in [0.25, 0.3) is 5.69 Å². The third-order valence-corrected chi connectivity index (χ3v) is 6.33. The summed E-state index contributed by atoms with van der Waals surface area (Å²) in [5, 5.41) is 14.5. The highest BCUT2D eigenvalue weighted by atomic mass is 32.2. The van der Waals surface area contributed by atoms with E-state index in [4.69, 9.17) is 0 Å². The Labute approximate surface area is 181 Å². The van der Waals surface area contributed by atoms with Crippen molar-refractivity contribution in [2.75, 3.05) is 5.32 Å². The van der Waals surface area contributed by atoms with Crippen molar-refractivity contribution in [3.8, 4) is 5.69 Å². The number of amides is 1. The number of thioether (sulfide) groups is 1. The average molecular weight is 440 g/mol. The van der Waals surface area contributed by atoms with E-state index in [2.05, 4.69) is 33.5 Å². The van der Waals surface area contributed by atoms with Crippen LogP contribution in [0.15, 0.2) is 59.1 Å². The molecule has 0 aliphatic carbocycles. The molecule has 0 atom stereocenters. The van der Waals surface area contributed by atoms with E-state index in [1.165, 1.54) is 47.4 Å². The summed E-state index contributed by atoms with van der Waals surface area (Å²) in [6.07, 6.45) is 0. The molecule has 9 heteroatoms. The fourth-order valence-electron chi connectivity index (χ4n) is 2.86. The van der Waals surface area contributed by atoms with Gasteiger partial charge >= 0.3 is 0 Å². The minimum absolute atomic E-state index is 0.326. The molecule has 6 nitrogen and oxygen atoms in total. The van der Waals surface area contributed by atoms with E-state index in [0.29, 0.717) is 17.1 Å². The molecule has 0 saturated heterocycles. The van der Waals surface area contributed by atoms with Crippen molar-refractivity contribution in [3.05, 3.63) is 81.8 Å². The summed E-state index contributed by atoms with van der Waals surface area (Å²) in [7, 11) is 0. The van der Waals surface area contributed by atoms with Crippen LogP contribution in [-0.2, 0) is 5.75 Å². The maximum atomic E-state index is 13.0. The summed E-state index contributed by atoms with van der Waals surface area (Å²) in [4.78, 5) is 16.8. The molecule has 0 aliphatic heterocycles. The Balaban J connectivity index is 1.45. The molecule has 4 aromatic rings. The fraction of sp³-hybridized carbons (Fsp3) is 0.143. The number of nitrogens with zero attached hydrogens (tertiary/aromatic N) is 4. The van der Waals surface area contributed by atoms with Crippen LogP contribution in [-0.4, -0.2) is 25.7 Å². The highest BCUT2D eigenvalue weighted by Crippen LogP contribution is 2.27. The average Bonchev–Trinajstić information content (AvgIpc) is 3.35. The Morgan fingerprint density at radius 2 is 1.90 bits per heavy atom. The lowest BCUT2D eigenvalue weighted by Crippen LogP contribution is -2.12. The first-order chi connectivity index (χ1) is 14.5. The lowest BCUT2D eigenvalue weighted by atomic mass is 10.2. The second-order valence-electron chi connectivity index (χ2n) is 6.53. The van der Waals surface area contributed by atoms with E-state index in [9.17, 15) is 9.18 Å². The molecule has 0 fully saturated rings. The number of carbonyl (C=O) groups excluding carboxylic acids is 1. The summed E-state index contributed by atoms with van der Waals surface area (Å²) < 4.78 is 15.0. The molecule has 30 heavy (non-hydrogen) atoms. The molecule has 0 bridgehead atoms. The van der Waals surface area contributed by atoms with Crippen LogP contribution in [0.4, 0.5) is 10.1 Å². The van der Waals surface area contributed by atoms with Crippen LogP contribution < -0.4 is 5.32 Å². The van der Waals surface area contributed by atoms with Crippen molar-refractivity contribution in [2.24, 2.45) is 0 Å². The predicted molar refractivity (Wildman–Crippen MR) is 117 cm³/mol. The van der Waals surface area contributed by atoms with Gasteiger partial charge in [0.15, 0.2) is 5.16 Å². The molecule has 1 N–H and O–H groups in total. The van der Waals surface area contributed by atoms with Gasteiger partial charge in [-0.3, -0.25) is 9.36 Å². The zero-order chi connectivity index (χ0) is 21.1. The largest absolute Gasteiger partial charge is 0.321 e. The molecule has 0 saturated carbocycles. The van der Waals surface area contributed by atoms with Gasteiger partial charge in [0.2, 0.25) is 0 Å². The monoisotopic (exact) mass is 439 g/mol. The molecule has 2 aromatic carbocycles. The molecule has 0 radical (unpaired) electrons. The Hall–Kier alpha value is -3.04. The van der Waals surface area contributed by atoms with Crippen molar-refractivity contribution < 1.29 is 9.18 Å². The number of halogens is 1. The number of anilines is 1. The number of rotatable bonds is 6. The van der Waals surface area contributed by atoms with Gasteiger partial charge in [-0.1, -0.05) is 30.0 Å². The number of nitrogens with one attached hydrogen (secondary N) is 1. The fourth-order valence-corrected chi connectivity index (χ4v) is 4.65. The third kappa shape index (κ3) is 4.42. The summed E-state index contributed by atoms with van der Waals surface area (Å²) >= 11 is 2.93. The third-order valence-electron chi connectivity index (χ3n) is 4.36. The molecular formula is C21H18FN5OS2. The lowest BCUT2D eigenvalue weighted by Gasteiger charge is -2.10. The number of benzene rings is 2. The highest BCUT2D eigenvalue weighted by Gasteiger charge is 2.15. The first-order valence-electron chi connectivity index (χ1n) is 9.13. The summed E-state index contributed by atoms with van der Waals surface area (Å²) in [5.41, 5.74) is 3.03. The number of thiazole rings is 1. The first-order valence-corrected chi connectivity index (χ1v) is 11.0. The van der Waals surface area contributed by atoms with Gasteiger partial charge in [-0.2, -0.15) is 0 Å². The SMILES string of the molecule is Cc1ccccc1-n1c(C)nnc1SCc1nc(C(=O)Nc2ccc(F)cc2)cs1. The van der Waals surface area contributed by atoms with Gasteiger partial charge in [0.05, 0.1) is 11.4 Å². The summed E-state index contributed by atoms with van der Waals surface area (Å²) in [6, 6.07) is 13.7. The van der Waals surface area contributed by atoms with Crippen LogP contribution in [0.1, 0.15) is 26.9 Å². The van der Waals surface area contributed by atoms with E-state index in [0.717, 1.165) is 27.2 Å². The molecule has 0 unspecified atom stereocenters. The molecule has 4 rings (SSSR count). The van der Waals surface area contributed by atoms with Gasteiger partial charge in [0.25, 0.3) is 5.91 Å². The quantitative estimate of drug-likeness (QED) is 0.427. The van der Waals surface area contributed by atoms with Crippen molar-refractivity contribution in [3.63, 3.8) is 0 Å². The first kappa shape index (κ1) is 20.2. The Kier molecular flexibility index (Phi) is 5.91. The topological polar surface area (TPSA) is 72.7 Å². The number of carbonyl (C=O) groups is 1. The standard InChI is InChI=1S/C21H18FN5OS2/c1-13-5-3-4-6-18(13)27-14(2)25-26-21(27)30-12-19-24-17(11-29-19)20(28)23-16-9-7-15(22)8-10-16/h3-11H,12H2,1-2H3,(H,23,28). The van der Waals surface area contributed by atoms with Gasteiger partial charge in [-0.05, 0) is 49.7 Å². The van der Waals surface area contributed by atoms with Crippen LogP contribution in [0.3, 0.4) is 0 Å². The van der Waals surface area contributed by atoms with E-state index in [-0.39, 0.29) is 11.7 Å². The smallest absolute Gasteiger partial charge is 0.275 e. The second-order valence-corrected chi connectivity index (χ2v) is 8.41. The Morgan fingerprint density at radius 3 is 2.67 bits per heavy atom. The van der Waals surface area contributed by atoms with Gasteiger partial charge in [0.1, 0.15) is 22.3 Å². The van der Waals surface area contributed by atoms with Gasteiger partial charge < -0.3 is 5.32 Å². The highest BCUT2D eigenvalue weighted by molar-refractivity contribution is 7.98. The number of hydrogen-bond donors (Lipinski definition) is 1. The van der Waals surface area contributed by atoms with Crippen LogP contribution in [0, 0.1) is 19.7 Å². The Morgan fingerprint density at radius 1 is 1.13 bits per heavy atom. The van der Waals surface area contributed by atoms with Crippen molar-refractivity contribution in [1.82, 2.24) is 19.7 Å². The van der Waals surface area contributed by atoms with Crippen LogP contribution in [0.2, 0.25) is 0 Å². The van der Waals surface area contributed by atoms with Crippen molar-refractivity contribution >= 4 is 34.7 Å². The van der Waals surface area contributed by atoms with Gasteiger partial charge in [-0.15, -0.1) is 21.5 Å².